The normalized spacial score (nSPS) is 15.1. The lowest BCUT2D eigenvalue weighted by molar-refractivity contribution is -0.152. The summed E-state index contributed by atoms with van der Waals surface area (Å²) >= 11 is 0. The number of carbonyl (C=O) groups is 2. The third-order valence-corrected chi connectivity index (χ3v) is 2.90. The van der Waals surface area contributed by atoms with Crippen molar-refractivity contribution in [1.29, 1.82) is 0 Å². The minimum Gasteiger partial charge on any atom is -0.444 e. The van der Waals surface area contributed by atoms with E-state index in [-0.39, 0.29) is 11.9 Å². The maximum atomic E-state index is 12.2. The largest absolute Gasteiger partial charge is 0.444 e. The van der Waals surface area contributed by atoms with Gasteiger partial charge in [-0.05, 0) is 26.7 Å². The summed E-state index contributed by atoms with van der Waals surface area (Å²) in [5.74, 6) is -0.751. The van der Waals surface area contributed by atoms with E-state index in [9.17, 15) is 9.59 Å². The minimum absolute atomic E-state index is 0.232. The Morgan fingerprint density at radius 3 is 2.45 bits per heavy atom. The van der Waals surface area contributed by atoms with Gasteiger partial charge in [-0.3, -0.25) is 4.79 Å². The van der Waals surface area contributed by atoms with Crippen molar-refractivity contribution in [2.75, 3.05) is 0 Å². The molecule has 0 spiro atoms. The van der Waals surface area contributed by atoms with Gasteiger partial charge in [0.2, 0.25) is 6.10 Å². The average Bonchev–Trinajstić information content (AvgIpc) is 3.20. The van der Waals surface area contributed by atoms with Gasteiger partial charge in [-0.25, -0.2) is 4.79 Å². The van der Waals surface area contributed by atoms with E-state index < -0.39 is 12.1 Å². The number of nitrogens with one attached hydrogen (secondary N) is 1. The molecule has 0 bridgehead atoms. The monoisotopic (exact) mass is 273 g/mol. The van der Waals surface area contributed by atoms with Crippen LogP contribution in [0.25, 0.3) is 0 Å². The molecule has 1 aliphatic carbocycles. The van der Waals surface area contributed by atoms with Crippen LogP contribution in [-0.2, 0) is 14.3 Å². The maximum absolute atomic E-state index is 12.2. The van der Waals surface area contributed by atoms with Gasteiger partial charge in [-0.1, -0.05) is 35.9 Å². The van der Waals surface area contributed by atoms with Crippen molar-refractivity contribution in [3.05, 3.63) is 47.5 Å². The fourth-order valence-electron chi connectivity index (χ4n) is 1.79. The molecular weight excluding hydrogens is 254 g/mol. The minimum atomic E-state index is -0.889. The molecule has 0 radical (unpaired) electrons. The third-order valence-electron chi connectivity index (χ3n) is 2.90. The van der Waals surface area contributed by atoms with Crippen LogP contribution in [0.3, 0.4) is 0 Å². The first-order chi connectivity index (χ1) is 9.56. The molecular formula is C16H19NO3. The van der Waals surface area contributed by atoms with E-state index in [0.717, 1.165) is 18.4 Å². The molecule has 1 saturated carbocycles. The molecule has 1 aromatic rings. The summed E-state index contributed by atoms with van der Waals surface area (Å²) in [6.45, 7) is 3.62. The SMILES string of the molecule is CC(C)=CC(=O)O[C@@H](C(=O)NC1CC1)c1ccccc1. The summed E-state index contributed by atoms with van der Waals surface area (Å²) in [4.78, 5) is 24.0. The van der Waals surface area contributed by atoms with Crippen molar-refractivity contribution in [3.8, 4) is 0 Å². The Morgan fingerprint density at radius 2 is 1.90 bits per heavy atom. The molecule has 0 unspecified atom stereocenters. The number of esters is 1. The number of ether oxygens (including phenoxy) is 1. The number of rotatable bonds is 5. The van der Waals surface area contributed by atoms with Crippen LogP contribution in [-0.4, -0.2) is 17.9 Å². The average molecular weight is 273 g/mol. The molecule has 1 atom stereocenters. The Balaban J connectivity index is 2.13. The zero-order chi connectivity index (χ0) is 14.5. The van der Waals surface area contributed by atoms with E-state index in [0.29, 0.717) is 5.56 Å². The topological polar surface area (TPSA) is 55.4 Å². The fraction of sp³-hybridized carbons (Fsp3) is 0.375. The number of hydrogen-bond donors (Lipinski definition) is 1. The highest BCUT2D eigenvalue weighted by molar-refractivity contribution is 5.88. The Labute approximate surface area is 118 Å². The summed E-state index contributed by atoms with van der Waals surface area (Å²) in [5.41, 5.74) is 1.52. The summed E-state index contributed by atoms with van der Waals surface area (Å²) < 4.78 is 5.31. The van der Waals surface area contributed by atoms with Gasteiger partial charge in [0.05, 0.1) is 0 Å². The molecule has 2 rings (SSSR count). The molecule has 4 nitrogen and oxygen atoms in total. The first-order valence-electron chi connectivity index (χ1n) is 6.77. The molecule has 0 saturated heterocycles. The van der Waals surface area contributed by atoms with Crippen molar-refractivity contribution in [1.82, 2.24) is 5.32 Å². The summed E-state index contributed by atoms with van der Waals surface area (Å²) in [6.07, 6.45) is 2.49. The van der Waals surface area contributed by atoms with Gasteiger partial charge < -0.3 is 10.1 Å². The standard InChI is InChI=1S/C16H19NO3/c1-11(2)10-14(18)20-15(12-6-4-3-5-7-12)16(19)17-13-8-9-13/h3-7,10,13,15H,8-9H2,1-2H3,(H,17,19)/t15-/m1/s1. The van der Waals surface area contributed by atoms with Crippen molar-refractivity contribution in [3.63, 3.8) is 0 Å². The van der Waals surface area contributed by atoms with Gasteiger partial charge in [0.15, 0.2) is 0 Å². The predicted molar refractivity (Wildman–Crippen MR) is 75.9 cm³/mol. The van der Waals surface area contributed by atoms with Crippen LogP contribution in [0.1, 0.15) is 38.4 Å². The van der Waals surface area contributed by atoms with Gasteiger partial charge >= 0.3 is 5.97 Å². The molecule has 1 fully saturated rings. The van der Waals surface area contributed by atoms with E-state index in [1.165, 1.54) is 6.08 Å². The van der Waals surface area contributed by atoms with Crippen LogP contribution < -0.4 is 5.32 Å². The molecule has 1 aliphatic rings. The van der Waals surface area contributed by atoms with Gasteiger partial charge in [0, 0.05) is 17.7 Å². The van der Waals surface area contributed by atoms with E-state index in [1.54, 1.807) is 12.1 Å². The lowest BCUT2D eigenvalue weighted by atomic mass is 10.1. The van der Waals surface area contributed by atoms with Crippen LogP contribution in [0, 0.1) is 0 Å². The predicted octanol–water partition coefficient (Wildman–Crippen LogP) is 2.52. The van der Waals surface area contributed by atoms with Crippen LogP contribution in [0.5, 0.6) is 0 Å². The molecule has 0 aromatic heterocycles. The molecule has 0 heterocycles. The Morgan fingerprint density at radius 1 is 1.25 bits per heavy atom. The summed E-state index contributed by atoms with van der Waals surface area (Å²) in [5, 5.41) is 2.87. The van der Waals surface area contributed by atoms with Crippen molar-refractivity contribution < 1.29 is 14.3 Å². The Hall–Kier alpha value is -2.10. The van der Waals surface area contributed by atoms with Gasteiger partial charge in [0.25, 0.3) is 5.91 Å². The second-order valence-corrected chi connectivity index (χ2v) is 5.23. The zero-order valence-electron chi connectivity index (χ0n) is 11.8. The smallest absolute Gasteiger partial charge is 0.331 e. The van der Waals surface area contributed by atoms with E-state index >= 15 is 0 Å². The quantitative estimate of drug-likeness (QED) is 0.662. The Kier molecular flexibility index (Phi) is 4.56. The summed E-state index contributed by atoms with van der Waals surface area (Å²) in [6, 6.07) is 9.30. The molecule has 4 heteroatoms. The number of allylic oxidation sites excluding steroid dienone is 1. The van der Waals surface area contributed by atoms with Crippen LogP contribution in [0.2, 0.25) is 0 Å². The molecule has 20 heavy (non-hydrogen) atoms. The zero-order valence-corrected chi connectivity index (χ0v) is 11.8. The van der Waals surface area contributed by atoms with E-state index in [4.69, 9.17) is 4.74 Å². The van der Waals surface area contributed by atoms with Crippen LogP contribution in [0.4, 0.5) is 0 Å². The number of amides is 1. The van der Waals surface area contributed by atoms with Crippen molar-refractivity contribution in [2.24, 2.45) is 0 Å². The molecule has 106 valence electrons. The van der Waals surface area contributed by atoms with Gasteiger partial charge in [0.1, 0.15) is 0 Å². The highest BCUT2D eigenvalue weighted by Crippen LogP contribution is 2.23. The number of hydrogen-bond acceptors (Lipinski definition) is 3. The summed E-state index contributed by atoms with van der Waals surface area (Å²) in [7, 11) is 0. The number of benzene rings is 1. The second-order valence-electron chi connectivity index (χ2n) is 5.23. The lowest BCUT2D eigenvalue weighted by Crippen LogP contribution is -2.33. The maximum Gasteiger partial charge on any atom is 0.331 e. The Bertz CT molecular complexity index is 514. The highest BCUT2D eigenvalue weighted by atomic mass is 16.5. The van der Waals surface area contributed by atoms with Crippen molar-refractivity contribution in [2.45, 2.75) is 38.8 Å². The highest BCUT2D eigenvalue weighted by Gasteiger charge is 2.30. The first kappa shape index (κ1) is 14.3. The number of carbonyl (C=O) groups excluding carboxylic acids is 2. The molecule has 1 aromatic carbocycles. The van der Waals surface area contributed by atoms with Crippen LogP contribution >= 0.6 is 0 Å². The first-order valence-corrected chi connectivity index (χ1v) is 6.77. The molecule has 1 amide bonds. The molecule has 1 N–H and O–H groups in total. The van der Waals surface area contributed by atoms with Gasteiger partial charge in [-0.15, -0.1) is 0 Å². The molecule has 0 aliphatic heterocycles. The van der Waals surface area contributed by atoms with E-state index in [2.05, 4.69) is 5.32 Å². The van der Waals surface area contributed by atoms with Crippen LogP contribution in [0.15, 0.2) is 42.0 Å². The third kappa shape index (κ3) is 4.23. The van der Waals surface area contributed by atoms with Gasteiger partial charge in [-0.2, -0.15) is 0 Å². The van der Waals surface area contributed by atoms with E-state index in [1.807, 2.05) is 32.0 Å². The lowest BCUT2D eigenvalue weighted by Gasteiger charge is -2.17. The fourth-order valence-corrected chi connectivity index (χ4v) is 1.79. The second kappa shape index (κ2) is 6.37. The van der Waals surface area contributed by atoms with Crippen molar-refractivity contribution >= 4 is 11.9 Å².